The molecule has 0 fully saturated rings. The number of likely N-dealkylation sites (N-methyl/N-ethyl adjacent to an activating group) is 1. The van der Waals surface area contributed by atoms with Gasteiger partial charge in [-0.15, -0.1) is 0 Å². The van der Waals surface area contributed by atoms with Crippen LogP contribution in [-0.2, 0) is 11.3 Å². The van der Waals surface area contributed by atoms with Gasteiger partial charge in [-0.1, -0.05) is 25.5 Å². The lowest BCUT2D eigenvalue weighted by molar-refractivity contribution is -0.130. The minimum absolute atomic E-state index is 0.116. The highest BCUT2D eigenvalue weighted by Gasteiger charge is 2.15. The molecule has 21 heavy (non-hydrogen) atoms. The fourth-order valence-electron chi connectivity index (χ4n) is 2.30. The van der Waals surface area contributed by atoms with E-state index >= 15 is 0 Å². The second-order valence-corrected chi connectivity index (χ2v) is 5.21. The number of nitrogens with zero attached hydrogens (tertiary/aromatic N) is 3. The standard InChI is InChI=1S/C16H24N4O/c1-4-6-11-19(3)15(21)12-20-14-10-8-7-9-13(14)18-16(20)17-5-2/h7-10H,4-6,11-12H2,1-3H3,(H,17,18). The molecule has 5 nitrogen and oxygen atoms in total. The Bertz CT molecular complexity index is 605. The third kappa shape index (κ3) is 3.54. The first-order chi connectivity index (χ1) is 10.2. The average molecular weight is 288 g/mol. The SMILES string of the molecule is CCCCN(C)C(=O)Cn1c(NCC)nc2ccccc21. The maximum Gasteiger partial charge on any atom is 0.242 e. The van der Waals surface area contributed by atoms with Crippen molar-refractivity contribution < 1.29 is 4.79 Å². The summed E-state index contributed by atoms with van der Waals surface area (Å²) in [6.45, 7) is 6.06. The second kappa shape index (κ2) is 7.11. The predicted molar refractivity (Wildman–Crippen MR) is 86.4 cm³/mol. The number of amides is 1. The molecule has 1 N–H and O–H groups in total. The minimum Gasteiger partial charge on any atom is -0.356 e. The van der Waals surface area contributed by atoms with Crippen molar-refractivity contribution in [3.05, 3.63) is 24.3 Å². The molecule has 0 bridgehead atoms. The molecule has 1 aromatic heterocycles. The lowest BCUT2D eigenvalue weighted by atomic mass is 10.3. The molecular formula is C16H24N4O. The lowest BCUT2D eigenvalue weighted by Crippen LogP contribution is -2.31. The van der Waals surface area contributed by atoms with E-state index in [2.05, 4.69) is 17.2 Å². The van der Waals surface area contributed by atoms with Crippen LogP contribution in [0.15, 0.2) is 24.3 Å². The van der Waals surface area contributed by atoms with Crippen LogP contribution in [-0.4, -0.2) is 40.5 Å². The molecule has 114 valence electrons. The number of para-hydroxylation sites is 2. The summed E-state index contributed by atoms with van der Waals surface area (Å²) >= 11 is 0. The molecule has 2 rings (SSSR count). The molecule has 0 aliphatic heterocycles. The number of unbranched alkanes of at least 4 members (excludes halogenated alkanes) is 1. The third-order valence-corrected chi connectivity index (χ3v) is 3.56. The van der Waals surface area contributed by atoms with Crippen molar-refractivity contribution in [2.24, 2.45) is 0 Å². The largest absolute Gasteiger partial charge is 0.356 e. The maximum atomic E-state index is 12.4. The van der Waals surface area contributed by atoms with Crippen LogP contribution < -0.4 is 5.32 Å². The number of benzene rings is 1. The van der Waals surface area contributed by atoms with E-state index in [1.165, 1.54) is 0 Å². The van der Waals surface area contributed by atoms with Crippen molar-refractivity contribution >= 4 is 22.9 Å². The number of imidazole rings is 1. The van der Waals surface area contributed by atoms with Gasteiger partial charge in [0.05, 0.1) is 11.0 Å². The summed E-state index contributed by atoms with van der Waals surface area (Å²) in [6.07, 6.45) is 2.13. The molecule has 0 aliphatic carbocycles. The van der Waals surface area contributed by atoms with Crippen molar-refractivity contribution in [2.45, 2.75) is 33.2 Å². The van der Waals surface area contributed by atoms with E-state index in [0.717, 1.165) is 42.9 Å². The number of nitrogens with one attached hydrogen (secondary N) is 1. The fraction of sp³-hybridized carbons (Fsp3) is 0.500. The van der Waals surface area contributed by atoms with Crippen LogP contribution in [0.5, 0.6) is 0 Å². The van der Waals surface area contributed by atoms with Crippen LogP contribution in [0.25, 0.3) is 11.0 Å². The highest BCUT2D eigenvalue weighted by molar-refractivity contribution is 5.83. The number of aromatic nitrogens is 2. The highest BCUT2D eigenvalue weighted by atomic mass is 16.2. The normalized spacial score (nSPS) is 10.8. The van der Waals surface area contributed by atoms with E-state index in [1.54, 1.807) is 4.90 Å². The van der Waals surface area contributed by atoms with Gasteiger partial charge in [0.2, 0.25) is 11.9 Å². The Morgan fingerprint density at radius 3 is 2.81 bits per heavy atom. The maximum absolute atomic E-state index is 12.4. The van der Waals surface area contributed by atoms with Gasteiger partial charge in [0.15, 0.2) is 0 Å². The van der Waals surface area contributed by atoms with Crippen LogP contribution in [0.3, 0.4) is 0 Å². The van der Waals surface area contributed by atoms with E-state index in [9.17, 15) is 4.79 Å². The van der Waals surface area contributed by atoms with Gasteiger partial charge in [0.1, 0.15) is 6.54 Å². The summed E-state index contributed by atoms with van der Waals surface area (Å²) < 4.78 is 1.96. The molecule has 0 unspecified atom stereocenters. The number of fused-ring (bicyclic) bond motifs is 1. The first kappa shape index (κ1) is 15.4. The van der Waals surface area contributed by atoms with Crippen molar-refractivity contribution in [1.82, 2.24) is 14.5 Å². The van der Waals surface area contributed by atoms with E-state index in [4.69, 9.17) is 0 Å². The molecule has 0 spiro atoms. The van der Waals surface area contributed by atoms with Gasteiger partial charge in [0.25, 0.3) is 0 Å². The summed E-state index contributed by atoms with van der Waals surface area (Å²) in [7, 11) is 1.87. The molecule has 1 heterocycles. The topological polar surface area (TPSA) is 50.2 Å². The van der Waals surface area contributed by atoms with Crippen LogP contribution in [0, 0.1) is 0 Å². The van der Waals surface area contributed by atoms with Gasteiger partial charge in [-0.2, -0.15) is 0 Å². The van der Waals surface area contributed by atoms with Crippen molar-refractivity contribution in [3.63, 3.8) is 0 Å². The van der Waals surface area contributed by atoms with Gasteiger partial charge in [-0.05, 0) is 25.5 Å². The van der Waals surface area contributed by atoms with Crippen LogP contribution in [0.2, 0.25) is 0 Å². The van der Waals surface area contributed by atoms with Gasteiger partial charge in [0, 0.05) is 20.1 Å². The Morgan fingerprint density at radius 2 is 2.10 bits per heavy atom. The fourth-order valence-corrected chi connectivity index (χ4v) is 2.30. The van der Waals surface area contributed by atoms with Crippen LogP contribution in [0.1, 0.15) is 26.7 Å². The van der Waals surface area contributed by atoms with Gasteiger partial charge < -0.3 is 14.8 Å². The second-order valence-electron chi connectivity index (χ2n) is 5.21. The molecule has 5 heteroatoms. The molecular weight excluding hydrogens is 264 g/mol. The molecule has 2 aromatic rings. The summed E-state index contributed by atoms with van der Waals surface area (Å²) in [6, 6.07) is 7.91. The first-order valence-corrected chi connectivity index (χ1v) is 7.60. The van der Waals surface area contributed by atoms with E-state index in [-0.39, 0.29) is 5.91 Å². The number of carbonyl (C=O) groups excluding carboxylic acids is 1. The zero-order valence-corrected chi connectivity index (χ0v) is 13.1. The van der Waals surface area contributed by atoms with E-state index < -0.39 is 0 Å². The van der Waals surface area contributed by atoms with Crippen molar-refractivity contribution in [3.8, 4) is 0 Å². The zero-order chi connectivity index (χ0) is 15.2. The summed E-state index contributed by atoms with van der Waals surface area (Å²) in [5.41, 5.74) is 1.91. The number of carbonyl (C=O) groups is 1. The number of anilines is 1. The Balaban J connectivity index is 2.23. The van der Waals surface area contributed by atoms with Crippen molar-refractivity contribution in [2.75, 3.05) is 25.5 Å². The lowest BCUT2D eigenvalue weighted by Gasteiger charge is -2.18. The smallest absolute Gasteiger partial charge is 0.242 e. The number of rotatable bonds is 7. The van der Waals surface area contributed by atoms with Gasteiger partial charge >= 0.3 is 0 Å². The Hall–Kier alpha value is -2.04. The molecule has 0 aliphatic rings. The third-order valence-electron chi connectivity index (χ3n) is 3.56. The van der Waals surface area contributed by atoms with Gasteiger partial charge in [-0.25, -0.2) is 4.98 Å². The molecule has 0 saturated heterocycles. The van der Waals surface area contributed by atoms with E-state index in [1.807, 2.05) is 42.8 Å². The minimum atomic E-state index is 0.116. The average Bonchev–Trinajstić information content (AvgIpc) is 2.83. The van der Waals surface area contributed by atoms with Gasteiger partial charge in [-0.3, -0.25) is 4.79 Å². The summed E-state index contributed by atoms with van der Waals surface area (Å²) in [5, 5.41) is 3.23. The summed E-state index contributed by atoms with van der Waals surface area (Å²) in [5.74, 6) is 0.877. The molecule has 1 aromatic carbocycles. The monoisotopic (exact) mass is 288 g/mol. The quantitative estimate of drug-likeness (QED) is 0.852. The van der Waals surface area contributed by atoms with Crippen molar-refractivity contribution in [1.29, 1.82) is 0 Å². The van der Waals surface area contributed by atoms with E-state index in [0.29, 0.717) is 6.54 Å². The Labute approximate surface area is 126 Å². The van der Waals surface area contributed by atoms with Crippen LogP contribution in [0.4, 0.5) is 5.95 Å². The number of hydrogen-bond donors (Lipinski definition) is 1. The molecule has 0 saturated carbocycles. The highest BCUT2D eigenvalue weighted by Crippen LogP contribution is 2.19. The predicted octanol–water partition coefficient (Wildman–Crippen LogP) is 2.73. The Morgan fingerprint density at radius 1 is 1.33 bits per heavy atom. The molecule has 0 radical (unpaired) electrons. The molecule has 1 amide bonds. The van der Waals surface area contributed by atoms with Crippen LogP contribution >= 0.6 is 0 Å². The first-order valence-electron chi connectivity index (χ1n) is 7.60. The zero-order valence-electron chi connectivity index (χ0n) is 13.1. The molecule has 0 atom stereocenters. The Kier molecular flexibility index (Phi) is 5.20. The summed E-state index contributed by atoms with van der Waals surface area (Å²) in [4.78, 5) is 18.7. The number of hydrogen-bond acceptors (Lipinski definition) is 3.